The van der Waals surface area contributed by atoms with Crippen molar-refractivity contribution in [1.29, 1.82) is 0 Å². The molecule has 0 saturated heterocycles. The zero-order valence-corrected chi connectivity index (χ0v) is 11.4. The smallest absolute Gasteiger partial charge is 0.122 e. The number of nitrogens with zero attached hydrogens (tertiary/aromatic N) is 1. The number of ether oxygens (including phenoxy) is 1. The maximum Gasteiger partial charge on any atom is 0.122 e. The van der Waals surface area contributed by atoms with Gasteiger partial charge in [0.25, 0.3) is 0 Å². The molecule has 98 valence electrons. The summed E-state index contributed by atoms with van der Waals surface area (Å²) in [5.41, 5.74) is 5.45. The molecule has 3 rings (SSSR count). The lowest BCUT2D eigenvalue weighted by Gasteiger charge is -2.12. The van der Waals surface area contributed by atoms with E-state index < -0.39 is 0 Å². The number of aromatic nitrogens is 1. The first-order valence-electron chi connectivity index (χ1n) is 6.34. The molecule has 0 radical (unpaired) electrons. The van der Waals surface area contributed by atoms with Gasteiger partial charge in [0.1, 0.15) is 5.75 Å². The zero-order valence-electron chi connectivity index (χ0n) is 11.4. The van der Waals surface area contributed by atoms with Crippen LogP contribution in [0.4, 0.5) is 0 Å². The van der Waals surface area contributed by atoms with Crippen molar-refractivity contribution in [1.82, 2.24) is 4.40 Å². The highest BCUT2D eigenvalue weighted by molar-refractivity contribution is 5.88. The van der Waals surface area contributed by atoms with E-state index in [0.717, 1.165) is 33.3 Å². The Morgan fingerprint density at radius 3 is 2.63 bits per heavy atom. The zero-order chi connectivity index (χ0) is 13.6. The van der Waals surface area contributed by atoms with Crippen LogP contribution in [-0.4, -0.2) is 16.6 Å². The number of aryl methyl sites for hydroxylation is 2. The van der Waals surface area contributed by atoms with Gasteiger partial charge in [0, 0.05) is 17.1 Å². The minimum atomic E-state index is 0.0312. The van der Waals surface area contributed by atoms with Crippen LogP contribution in [0.2, 0.25) is 0 Å². The molecule has 0 unspecified atom stereocenters. The first kappa shape index (κ1) is 12.1. The Hall–Kier alpha value is -2.00. The number of aliphatic hydroxyl groups excluding tert-OH is 1. The van der Waals surface area contributed by atoms with Crippen molar-refractivity contribution in [3.8, 4) is 5.75 Å². The lowest BCUT2D eigenvalue weighted by molar-refractivity contribution is 0.283. The van der Waals surface area contributed by atoms with Crippen LogP contribution in [0.3, 0.4) is 0 Å². The van der Waals surface area contributed by atoms with Crippen LogP contribution < -0.4 is 4.74 Å². The summed E-state index contributed by atoms with van der Waals surface area (Å²) >= 11 is 0. The maximum absolute atomic E-state index is 9.58. The number of aliphatic hydroxyl groups is 1. The molecule has 0 aliphatic heterocycles. The minimum absolute atomic E-state index is 0.0312. The van der Waals surface area contributed by atoms with Crippen LogP contribution in [0.15, 0.2) is 30.5 Å². The number of methoxy groups -OCH3 is 1. The number of fused-ring (bicyclic) bond motifs is 3. The Kier molecular flexibility index (Phi) is 2.72. The van der Waals surface area contributed by atoms with Gasteiger partial charge in [0.15, 0.2) is 0 Å². The van der Waals surface area contributed by atoms with E-state index in [1.807, 2.05) is 19.1 Å². The third kappa shape index (κ3) is 1.78. The number of rotatable bonds is 2. The van der Waals surface area contributed by atoms with E-state index in [4.69, 9.17) is 4.74 Å². The van der Waals surface area contributed by atoms with Gasteiger partial charge >= 0.3 is 0 Å². The summed E-state index contributed by atoms with van der Waals surface area (Å²) in [5, 5.41) is 10.6. The van der Waals surface area contributed by atoms with Crippen LogP contribution in [0.5, 0.6) is 5.75 Å². The average molecular weight is 255 g/mol. The third-order valence-electron chi connectivity index (χ3n) is 3.60. The molecule has 0 aliphatic carbocycles. The highest BCUT2D eigenvalue weighted by Gasteiger charge is 2.10. The second kappa shape index (κ2) is 4.28. The van der Waals surface area contributed by atoms with Gasteiger partial charge in [0.2, 0.25) is 0 Å². The molecule has 2 heterocycles. The molecule has 19 heavy (non-hydrogen) atoms. The average Bonchev–Trinajstić information content (AvgIpc) is 2.77. The summed E-state index contributed by atoms with van der Waals surface area (Å²) in [4.78, 5) is 0. The molecule has 0 aliphatic rings. The predicted molar refractivity (Wildman–Crippen MR) is 76.9 cm³/mol. The summed E-state index contributed by atoms with van der Waals surface area (Å²) in [6.07, 6.45) is 2.12. The first-order valence-corrected chi connectivity index (χ1v) is 6.34. The number of hydrogen-bond acceptors (Lipinski definition) is 2. The van der Waals surface area contributed by atoms with E-state index in [9.17, 15) is 5.11 Å². The van der Waals surface area contributed by atoms with Gasteiger partial charge < -0.3 is 14.2 Å². The fourth-order valence-electron chi connectivity index (χ4n) is 2.67. The number of hydrogen-bond donors (Lipinski definition) is 1. The summed E-state index contributed by atoms with van der Waals surface area (Å²) in [6.45, 7) is 4.14. The second-order valence-corrected chi connectivity index (χ2v) is 4.98. The maximum atomic E-state index is 9.58. The monoisotopic (exact) mass is 255 g/mol. The van der Waals surface area contributed by atoms with Crippen molar-refractivity contribution in [2.24, 2.45) is 0 Å². The summed E-state index contributed by atoms with van der Waals surface area (Å²) in [5.74, 6) is 0.852. The summed E-state index contributed by atoms with van der Waals surface area (Å²) < 4.78 is 7.54. The Morgan fingerprint density at radius 1 is 1.16 bits per heavy atom. The molecule has 0 saturated carbocycles. The van der Waals surface area contributed by atoms with Crippen LogP contribution in [0.1, 0.15) is 16.7 Å². The normalized spacial score (nSPS) is 11.4. The molecular weight excluding hydrogens is 238 g/mol. The van der Waals surface area contributed by atoms with E-state index in [1.165, 1.54) is 5.56 Å². The fourth-order valence-corrected chi connectivity index (χ4v) is 2.67. The van der Waals surface area contributed by atoms with Crippen LogP contribution in [-0.2, 0) is 6.61 Å². The molecule has 0 amide bonds. The Labute approximate surface area is 112 Å². The van der Waals surface area contributed by atoms with Gasteiger partial charge in [-0.15, -0.1) is 0 Å². The van der Waals surface area contributed by atoms with E-state index in [-0.39, 0.29) is 6.61 Å². The molecule has 0 fully saturated rings. The van der Waals surface area contributed by atoms with Crippen molar-refractivity contribution in [2.75, 3.05) is 7.11 Å². The molecule has 1 aromatic carbocycles. The highest BCUT2D eigenvalue weighted by atomic mass is 16.5. The van der Waals surface area contributed by atoms with Crippen LogP contribution >= 0.6 is 0 Å². The molecule has 3 aromatic rings. The lowest BCUT2D eigenvalue weighted by atomic mass is 10.1. The highest BCUT2D eigenvalue weighted by Crippen LogP contribution is 2.30. The molecule has 0 atom stereocenters. The molecule has 3 nitrogen and oxygen atoms in total. The van der Waals surface area contributed by atoms with E-state index in [1.54, 1.807) is 7.11 Å². The van der Waals surface area contributed by atoms with Gasteiger partial charge in [0.05, 0.1) is 19.2 Å². The van der Waals surface area contributed by atoms with Crippen molar-refractivity contribution in [3.63, 3.8) is 0 Å². The van der Waals surface area contributed by atoms with E-state index in [2.05, 4.69) is 29.7 Å². The molecule has 3 heteroatoms. The fraction of sp³-hybridized carbons (Fsp3) is 0.250. The number of benzene rings is 1. The van der Waals surface area contributed by atoms with Crippen LogP contribution in [0, 0.1) is 13.8 Å². The van der Waals surface area contributed by atoms with Gasteiger partial charge in [-0.1, -0.05) is 0 Å². The minimum Gasteiger partial charge on any atom is -0.496 e. The van der Waals surface area contributed by atoms with Crippen LogP contribution in [0.25, 0.3) is 16.4 Å². The summed E-state index contributed by atoms with van der Waals surface area (Å²) in [7, 11) is 1.67. The topological polar surface area (TPSA) is 33.9 Å². The number of pyridine rings is 1. The van der Waals surface area contributed by atoms with E-state index in [0.29, 0.717) is 0 Å². The molecular formula is C16H17NO2. The Bertz CT molecular complexity index is 771. The lowest BCUT2D eigenvalue weighted by Crippen LogP contribution is -1.96. The van der Waals surface area contributed by atoms with Crippen molar-refractivity contribution >= 4 is 16.4 Å². The van der Waals surface area contributed by atoms with Gasteiger partial charge in [-0.3, -0.25) is 0 Å². The Balaban J connectivity index is 2.50. The molecule has 1 N–H and O–H groups in total. The largest absolute Gasteiger partial charge is 0.496 e. The molecule has 0 spiro atoms. The van der Waals surface area contributed by atoms with Crippen molar-refractivity contribution in [3.05, 3.63) is 47.2 Å². The SMILES string of the molecule is COc1cc2c(CO)cc3cc(C)cn3c2cc1C. The second-order valence-electron chi connectivity index (χ2n) is 4.98. The Morgan fingerprint density at radius 2 is 1.95 bits per heavy atom. The molecule has 2 aromatic heterocycles. The van der Waals surface area contributed by atoms with Crippen molar-refractivity contribution in [2.45, 2.75) is 20.5 Å². The quantitative estimate of drug-likeness (QED) is 0.763. The third-order valence-corrected chi connectivity index (χ3v) is 3.60. The van der Waals surface area contributed by atoms with E-state index >= 15 is 0 Å². The van der Waals surface area contributed by atoms with Crippen molar-refractivity contribution < 1.29 is 9.84 Å². The summed E-state index contributed by atoms with van der Waals surface area (Å²) in [6, 6.07) is 8.27. The van der Waals surface area contributed by atoms with Gasteiger partial charge in [-0.2, -0.15) is 0 Å². The molecule has 0 bridgehead atoms. The first-order chi connectivity index (χ1) is 9.13. The predicted octanol–water partition coefficient (Wildman–Crippen LogP) is 3.21. The van der Waals surface area contributed by atoms with Gasteiger partial charge in [-0.25, -0.2) is 0 Å². The standard InChI is InChI=1S/C16H17NO2/c1-10-4-13-6-12(9-18)14-7-16(19-3)11(2)5-15(14)17(13)8-10/h4-8,18H,9H2,1-3H3. The van der Waals surface area contributed by atoms with Gasteiger partial charge in [-0.05, 0) is 54.8 Å².